The Morgan fingerprint density at radius 1 is 1.56 bits per heavy atom. The standard InChI is InChI=1S/C10H14N4OS/c1-7-9(16-10(11)12-7)8-3-4-14(13-8)5-6-15-2/h3-4H,5-6H2,1-2H3,(H2,11,12). The van der Waals surface area contributed by atoms with Crippen LogP contribution in [-0.4, -0.2) is 28.5 Å². The number of hydrogen-bond acceptors (Lipinski definition) is 5. The van der Waals surface area contributed by atoms with Crippen molar-refractivity contribution in [1.82, 2.24) is 14.8 Å². The summed E-state index contributed by atoms with van der Waals surface area (Å²) < 4.78 is 6.85. The monoisotopic (exact) mass is 238 g/mol. The number of methoxy groups -OCH3 is 1. The van der Waals surface area contributed by atoms with Crippen LogP contribution in [-0.2, 0) is 11.3 Å². The molecule has 0 aliphatic rings. The Morgan fingerprint density at radius 2 is 2.38 bits per heavy atom. The second-order valence-corrected chi connectivity index (χ2v) is 4.45. The maximum absolute atomic E-state index is 5.66. The van der Waals surface area contributed by atoms with Crippen LogP contribution < -0.4 is 5.73 Å². The molecule has 0 bridgehead atoms. The second kappa shape index (κ2) is 4.63. The van der Waals surface area contributed by atoms with E-state index in [0.29, 0.717) is 11.7 Å². The summed E-state index contributed by atoms with van der Waals surface area (Å²) in [7, 11) is 1.68. The molecule has 2 aromatic rings. The number of aromatic nitrogens is 3. The first kappa shape index (κ1) is 11.1. The molecule has 0 spiro atoms. The summed E-state index contributed by atoms with van der Waals surface area (Å²) in [6.07, 6.45) is 1.93. The molecule has 0 saturated carbocycles. The van der Waals surface area contributed by atoms with Crippen LogP contribution in [0.1, 0.15) is 5.69 Å². The van der Waals surface area contributed by atoms with Gasteiger partial charge in [0.25, 0.3) is 0 Å². The molecular formula is C10H14N4OS. The summed E-state index contributed by atoms with van der Waals surface area (Å²) in [5, 5.41) is 5.03. The molecule has 86 valence electrons. The van der Waals surface area contributed by atoms with Crippen molar-refractivity contribution in [1.29, 1.82) is 0 Å². The molecular weight excluding hydrogens is 224 g/mol. The fourth-order valence-electron chi connectivity index (χ4n) is 1.45. The molecule has 0 saturated heterocycles. The van der Waals surface area contributed by atoms with Gasteiger partial charge in [-0.2, -0.15) is 5.10 Å². The Labute approximate surface area is 97.9 Å². The van der Waals surface area contributed by atoms with Crippen LogP contribution in [0, 0.1) is 6.92 Å². The molecule has 2 heterocycles. The number of nitrogens with zero attached hydrogens (tertiary/aromatic N) is 3. The van der Waals surface area contributed by atoms with Crippen molar-refractivity contribution in [2.45, 2.75) is 13.5 Å². The summed E-state index contributed by atoms with van der Waals surface area (Å²) >= 11 is 1.46. The molecule has 0 aliphatic carbocycles. The number of aryl methyl sites for hydroxylation is 1. The highest BCUT2D eigenvalue weighted by Gasteiger charge is 2.10. The lowest BCUT2D eigenvalue weighted by molar-refractivity contribution is 0.183. The van der Waals surface area contributed by atoms with Gasteiger partial charge in [0.15, 0.2) is 5.13 Å². The normalized spacial score (nSPS) is 10.9. The van der Waals surface area contributed by atoms with Gasteiger partial charge >= 0.3 is 0 Å². The van der Waals surface area contributed by atoms with E-state index >= 15 is 0 Å². The third-order valence-electron chi connectivity index (χ3n) is 2.21. The minimum atomic E-state index is 0.582. The quantitative estimate of drug-likeness (QED) is 0.877. The number of ether oxygens (including phenoxy) is 1. The number of rotatable bonds is 4. The topological polar surface area (TPSA) is 66.0 Å². The van der Waals surface area contributed by atoms with Crippen molar-refractivity contribution in [3.63, 3.8) is 0 Å². The summed E-state index contributed by atoms with van der Waals surface area (Å²) in [4.78, 5) is 5.22. The van der Waals surface area contributed by atoms with Crippen LogP contribution in [0.15, 0.2) is 12.3 Å². The average Bonchev–Trinajstić information content (AvgIpc) is 2.82. The van der Waals surface area contributed by atoms with Crippen molar-refractivity contribution in [3.8, 4) is 10.6 Å². The van der Waals surface area contributed by atoms with Gasteiger partial charge in [0, 0.05) is 13.3 Å². The van der Waals surface area contributed by atoms with Crippen LogP contribution in [0.3, 0.4) is 0 Å². The smallest absolute Gasteiger partial charge is 0.180 e. The highest BCUT2D eigenvalue weighted by atomic mass is 32.1. The predicted molar refractivity (Wildman–Crippen MR) is 64.4 cm³/mol. The van der Waals surface area contributed by atoms with Gasteiger partial charge in [0.2, 0.25) is 0 Å². The predicted octanol–water partition coefficient (Wildman–Crippen LogP) is 1.54. The van der Waals surface area contributed by atoms with Crippen LogP contribution in [0.4, 0.5) is 5.13 Å². The van der Waals surface area contributed by atoms with E-state index in [4.69, 9.17) is 10.5 Å². The summed E-state index contributed by atoms with van der Waals surface area (Å²) in [6, 6.07) is 1.97. The third kappa shape index (κ3) is 2.23. The zero-order chi connectivity index (χ0) is 11.5. The third-order valence-corrected chi connectivity index (χ3v) is 3.22. The summed E-state index contributed by atoms with van der Waals surface area (Å²) in [6.45, 7) is 3.35. The second-order valence-electron chi connectivity index (χ2n) is 3.42. The Hall–Kier alpha value is -1.40. The first-order chi connectivity index (χ1) is 7.70. The Bertz CT molecular complexity index is 477. The van der Waals surface area contributed by atoms with E-state index in [1.165, 1.54) is 11.3 Å². The van der Waals surface area contributed by atoms with Gasteiger partial charge in [0.1, 0.15) is 5.69 Å². The van der Waals surface area contributed by atoms with Crippen molar-refractivity contribution in [2.75, 3.05) is 19.5 Å². The van der Waals surface area contributed by atoms with Crippen LogP contribution in [0.2, 0.25) is 0 Å². The van der Waals surface area contributed by atoms with E-state index in [1.54, 1.807) is 7.11 Å². The molecule has 6 heteroatoms. The van der Waals surface area contributed by atoms with Gasteiger partial charge in [-0.05, 0) is 13.0 Å². The van der Waals surface area contributed by atoms with Gasteiger partial charge in [-0.3, -0.25) is 4.68 Å². The van der Waals surface area contributed by atoms with Crippen LogP contribution in [0.5, 0.6) is 0 Å². The molecule has 5 nitrogen and oxygen atoms in total. The fourth-order valence-corrected chi connectivity index (χ4v) is 2.25. The lowest BCUT2D eigenvalue weighted by Gasteiger charge is -1.98. The number of nitrogen functional groups attached to an aromatic ring is 1. The van der Waals surface area contributed by atoms with Gasteiger partial charge in [-0.25, -0.2) is 4.98 Å². The number of hydrogen-bond donors (Lipinski definition) is 1. The van der Waals surface area contributed by atoms with Crippen LogP contribution in [0.25, 0.3) is 10.6 Å². The van der Waals surface area contributed by atoms with E-state index in [0.717, 1.165) is 22.8 Å². The summed E-state index contributed by atoms with van der Waals surface area (Å²) in [5.74, 6) is 0. The van der Waals surface area contributed by atoms with Crippen molar-refractivity contribution < 1.29 is 4.74 Å². The van der Waals surface area contributed by atoms with Gasteiger partial charge in [-0.1, -0.05) is 11.3 Å². The first-order valence-electron chi connectivity index (χ1n) is 4.96. The largest absolute Gasteiger partial charge is 0.383 e. The van der Waals surface area contributed by atoms with Gasteiger partial charge in [-0.15, -0.1) is 0 Å². The van der Waals surface area contributed by atoms with Gasteiger partial charge in [0.05, 0.1) is 23.7 Å². The molecule has 0 atom stereocenters. The molecule has 16 heavy (non-hydrogen) atoms. The fraction of sp³-hybridized carbons (Fsp3) is 0.400. The molecule has 2 rings (SSSR count). The van der Waals surface area contributed by atoms with E-state index in [1.807, 2.05) is 23.9 Å². The molecule has 0 radical (unpaired) electrons. The van der Waals surface area contributed by atoms with Crippen molar-refractivity contribution in [2.24, 2.45) is 0 Å². The Morgan fingerprint density at radius 3 is 3.00 bits per heavy atom. The molecule has 0 amide bonds. The first-order valence-corrected chi connectivity index (χ1v) is 5.78. The van der Waals surface area contributed by atoms with E-state index < -0.39 is 0 Å². The Kier molecular flexibility index (Phi) is 3.21. The number of anilines is 1. The molecule has 2 aromatic heterocycles. The lowest BCUT2D eigenvalue weighted by atomic mass is 10.3. The van der Waals surface area contributed by atoms with E-state index in [-0.39, 0.29) is 0 Å². The minimum Gasteiger partial charge on any atom is -0.383 e. The molecule has 2 N–H and O–H groups in total. The summed E-state index contributed by atoms with van der Waals surface area (Å²) in [5.41, 5.74) is 7.51. The van der Waals surface area contributed by atoms with E-state index in [9.17, 15) is 0 Å². The average molecular weight is 238 g/mol. The molecule has 0 fully saturated rings. The molecule has 0 unspecified atom stereocenters. The Balaban J connectivity index is 2.21. The van der Waals surface area contributed by atoms with Crippen molar-refractivity contribution in [3.05, 3.63) is 18.0 Å². The number of nitrogens with two attached hydrogens (primary N) is 1. The highest BCUT2D eigenvalue weighted by molar-refractivity contribution is 7.18. The zero-order valence-corrected chi connectivity index (χ0v) is 10.1. The zero-order valence-electron chi connectivity index (χ0n) is 9.30. The highest BCUT2D eigenvalue weighted by Crippen LogP contribution is 2.29. The SMILES string of the molecule is COCCn1ccc(-c2sc(N)nc2C)n1. The molecule has 0 aliphatic heterocycles. The molecule has 0 aromatic carbocycles. The lowest BCUT2D eigenvalue weighted by Crippen LogP contribution is -2.04. The van der Waals surface area contributed by atoms with E-state index in [2.05, 4.69) is 10.1 Å². The number of thiazole rings is 1. The minimum absolute atomic E-state index is 0.582. The maximum Gasteiger partial charge on any atom is 0.180 e. The maximum atomic E-state index is 5.66. The van der Waals surface area contributed by atoms with Crippen molar-refractivity contribution >= 4 is 16.5 Å². The van der Waals surface area contributed by atoms with Gasteiger partial charge < -0.3 is 10.5 Å². The van der Waals surface area contributed by atoms with Crippen LogP contribution >= 0.6 is 11.3 Å².